The number of esters is 1. The zero-order chi connectivity index (χ0) is 19.1. The van der Waals surface area contributed by atoms with Gasteiger partial charge in [-0.05, 0) is 37.1 Å². The van der Waals surface area contributed by atoms with E-state index in [0.717, 1.165) is 6.08 Å². The molecule has 0 saturated carbocycles. The maximum absolute atomic E-state index is 12.1. The monoisotopic (exact) mass is 376 g/mol. The molecule has 9 nitrogen and oxygen atoms in total. The van der Waals surface area contributed by atoms with Crippen LogP contribution in [0.1, 0.15) is 23.9 Å². The molecule has 2 rings (SSSR count). The second-order valence-electron chi connectivity index (χ2n) is 5.13. The van der Waals surface area contributed by atoms with Crippen molar-refractivity contribution in [1.29, 1.82) is 0 Å². The molecule has 1 amide bonds. The average Bonchev–Trinajstić information content (AvgIpc) is 3.02. The summed E-state index contributed by atoms with van der Waals surface area (Å²) in [5, 5.41) is 21.8. The fourth-order valence-corrected chi connectivity index (χ4v) is 2.50. The van der Waals surface area contributed by atoms with E-state index in [0.29, 0.717) is 22.1 Å². The van der Waals surface area contributed by atoms with E-state index in [1.807, 2.05) is 0 Å². The van der Waals surface area contributed by atoms with E-state index < -0.39 is 22.9 Å². The summed E-state index contributed by atoms with van der Waals surface area (Å²) in [5.74, 6) is -1.18. The number of nitrogens with one attached hydrogen (secondary N) is 1. The van der Waals surface area contributed by atoms with Gasteiger partial charge < -0.3 is 4.74 Å². The Morgan fingerprint density at radius 2 is 2.04 bits per heavy atom. The van der Waals surface area contributed by atoms with Gasteiger partial charge in [-0.1, -0.05) is 18.3 Å². The van der Waals surface area contributed by atoms with E-state index in [4.69, 9.17) is 4.74 Å². The molecule has 1 heterocycles. The molecule has 0 aliphatic rings. The zero-order valence-electron chi connectivity index (χ0n) is 14.0. The molecule has 0 bridgehead atoms. The predicted octanol–water partition coefficient (Wildman–Crippen LogP) is 2.73. The highest BCUT2D eigenvalue weighted by atomic mass is 32.1. The van der Waals surface area contributed by atoms with Crippen LogP contribution in [-0.4, -0.2) is 33.1 Å². The number of aromatic nitrogens is 2. The van der Waals surface area contributed by atoms with Gasteiger partial charge in [0.05, 0.1) is 4.92 Å². The van der Waals surface area contributed by atoms with Crippen molar-refractivity contribution in [3.63, 3.8) is 0 Å². The van der Waals surface area contributed by atoms with Crippen LogP contribution < -0.4 is 5.32 Å². The molecule has 0 saturated heterocycles. The van der Waals surface area contributed by atoms with Crippen molar-refractivity contribution >= 4 is 40.1 Å². The number of benzene rings is 1. The number of nitro groups is 1. The molecular weight excluding hydrogens is 360 g/mol. The van der Waals surface area contributed by atoms with Gasteiger partial charge in [0.25, 0.3) is 11.6 Å². The Morgan fingerprint density at radius 1 is 1.35 bits per heavy atom. The van der Waals surface area contributed by atoms with Crippen LogP contribution in [0.2, 0.25) is 0 Å². The largest absolute Gasteiger partial charge is 0.449 e. The van der Waals surface area contributed by atoms with Crippen LogP contribution in [0.15, 0.2) is 30.3 Å². The summed E-state index contributed by atoms with van der Waals surface area (Å²) >= 11 is 1.22. The van der Waals surface area contributed by atoms with Crippen LogP contribution in [0.5, 0.6) is 0 Å². The number of rotatable bonds is 7. The maximum Gasteiger partial charge on any atom is 0.331 e. The van der Waals surface area contributed by atoms with E-state index >= 15 is 0 Å². The number of ether oxygens (including phenoxy) is 1. The summed E-state index contributed by atoms with van der Waals surface area (Å²) in [4.78, 5) is 34.1. The third-order valence-electron chi connectivity index (χ3n) is 3.19. The molecule has 0 aliphatic heterocycles. The zero-order valence-corrected chi connectivity index (χ0v) is 14.9. The third kappa shape index (κ3) is 5.45. The van der Waals surface area contributed by atoms with E-state index in [2.05, 4.69) is 15.5 Å². The highest BCUT2D eigenvalue weighted by Crippen LogP contribution is 2.15. The number of non-ortho nitro benzene ring substituents is 1. The fourth-order valence-electron chi connectivity index (χ4n) is 1.91. The number of carbonyl (C=O) groups excluding carboxylic acids is 2. The summed E-state index contributed by atoms with van der Waals surface area (Å²) in [6, 6.07) is 5.67. The summed E-state index contributed by atoms with van der Waals surface area (Å²) in [7, 11) is 0. The molecule has 1 N–H and O–H groups in total. The van der Waals surface area contributed by atoms with Crippen LogP contribution >= 0.6 is 11.3 Å². The van der Waals surface area contributed by atoms with Crippen LogP contribution in [0.4, 0.5) is 10.8 Å². The van der Waals surface area contributed by atoms with Crippen molar-refractivity contribution in [2.24, 2.45) is 0 Å². The molecule has 1 aromatic heterocycles. The van der Waals surface area contributed by atoms with Crippen molar-refractivity contribution in [2.45, 2.75) is 26.4 Å². The Balaban J connectivity index is 1.93. The number of nitrogens with zero attached hydrogens (tertiary/aromatic N) is 3. The van der Waals surface area contributed by atoms with Crippen LogP contribution in [0.25, 0.3) is 6.08 Å². The summed E-state index contributed by atoms with van der Waals surface area (Å²) in [6.45, 7) is 3.47. The lowest BCUT2D eigenvalue weighted by atomic mass is 10.2. The SMILES string of the molecule is CC[C@H](OC(=O)/C=C/c1ccc([N+](=O)[O-])cc1)C(=O)Nc1nnc(C)s1. The van der Waals surface area contributed by atoms with Crippen molar-refractivity contribution < 1.29 is 19.2 Å². The summed E-state index contributed by atoms with van der Waals surface area (Å²) in [5.41, 5.74) is 0.550. The molecule has 0 fully saturated rings. The Bertz CT molecular complexity index is 831. The standard InChI is InChI=1S/C16H16N4O5S/c1-3-13(15(22)17-16-19-18-10(2)26-16)25-14(21)9-6-11-4-7-12(8-5-11)20(23)24/h4-9,13H,3H2,1-2H3,(H,17,19,22)/b9-6+/t13-/m0/s1. The number of hydrogen-bond donors (Lipinski definition) is 1. The highest BCUT2D eigenvalue weighted by Gasteiger charge is 2.21. The normalized spacial score (nSPS) is 11.9. The smallest absolute Gasteiger partial charge is 0.331 e. The van der Waals surface area contributed by atoms with Gasteiger partial charge in [-0.3, -0.25) is 20.2 Å². The van der Waals surface area contributed by atoms with Crippen molar-refractivity contribution in [2.75, 3.05) is 5.32 Å². The number of aryl methyl sites for hydroxylation is 1. The highest BCUT2D eigenvalue weighted by molar-refractivity contribution is 7.15. The molecule has 0 radical (unpaired) electrons. The van der Waals surface area contributed by atoms with Crippen molar-refractivity contribution in [3.05, 3.63) is 51.0 Å². The Hall–Kier alpha value is -3.14. The number of carbonyl (C=O) groups is 2. The molecule has 0 unspecified atom stereocenters. The lowest BCUT2D eigenvalue weighted by molar-refractivity contribution is -0.384. The van der Waals surface area contributed by atoms with Gasteiger partial charge in [-0.2, -0.15) is 0 Å². The Labute approximate surface area is 152 Å². The van der Waals surface area contributed by atoms with Gasteiger partial charge in [0, 0.05) is 18.2 Å². The first-order valence-electron chi connectivity index (χ1n) is 7.63. The third-order valence-corrected chi connectivity index (χ3v) is 3.95. The second-order valence-corrected chi connectivity index (χ2v) is 6.31. The summed E-state index contributed by atoms with van der Waals surface area (Å²) < 4.78 is 5.13. The predicted molar refractivity (Wildman–Crippen MR) is 95.6 cm³/mol. The topological polar surface area (TPSA) is 124 Å². The number of hydrogen-bond acceptors (Lipinski definition) is 8. The molecule has 1 aromatic carbocycles. The van der Waals surface area contributed by atoms with Gasteiger partial charge >= 0.3 is 5.97 Å². The quantitative estimate of drug-likeness (QED) is 0.341. The first kappa shape index (κ1) is 19.2. The second kappa shape index (κ2) is 8.81. The molecule has 26 heavy (non-hydrogen) atoms. The van der Waals surface area contributed by atoms with E-state index in [1.54, 1.807) is 13.8 Å². The lowest BCUT2D eigenvalue weighted by Crippen LogP contribution is -2.31. The van der Waals surface area contributed by atoms with Gasteiger partial charge in [0.2, 0.25) is 5.13 Å². The van der Waals surface area contributed by atoms with Crippen molar-refractivity contribution in [1.82, 2.24) is 10.2 Å². The van der Waals surface area contributed by atoms with Crippen LogP contribution in [0, 0.1) is 17.0 Å². The van der Waals surface area contributed by atoms with E-state index in [9.17, 15) is 19.7 Å². The van der Waals surface area contributed by atoms with Crippen molar-refractivity contribution in [3.8, 4) is 0 Å². The average molecular weight is 376 g/mol. The first-order valence-corrected chi connectivity index (χ1v) is 8.44. The molecular formula is C16H16N4O5S. The number of amides is 1. The maximum atomic E-state index is 12.1. The van der Waals surface area contributed by atoms with Gasteiger partial charge in [0.1, 0.15) is 5.01 Å². The molecule has 136 valence electrons. The lowest BCUT2D eigenvalue weighted by Gasteiger charge is -2.13. The number of nitro benzene ring substituents is 1. The molecule has 2 aromatic rings. The van der Waals surface area contributed by atoms with E-state index in [-0.39, 0.29) is 5.69 Å². The molecule has 1 atom stereocenters. The minimum Gasteiger partial charge on any atom is -0.449 e. The van der Waals surface area contributed by atoms with Gasteiger partial charge in [0.15, 0.2) is 6.10 Å². The molecule has 0 spiro atoms. The van der Waals surface area contributed by atoms with Crippen LogP contribution in [0.3, 0.4) is 0 Å². The minimum atomic E-state index is -0.965. The summed E-state index contributed by atoms with van der Waals surface area (Å²) in [6.07, 6.45) is 1.94. The van der Waals surface area contributed by atoms with Gasteiger partial charge in [-0.15, -0.1) is 10.2 Å². The van der Waals surface area contributed by atoms with Gasteiger partial charge in [-0.25, -0.2) is 4.79 Å². The molecule has 0 aliphatic carbocycles. The van der Waals surface area contributed by atoms with E-state index in [1.165, 1.54) is 41.7 Å². The molecule has 10 heteroatoms. The Kier molecular flexibility index (Phi) is 6.50. The number of anilines is 1. The Morgan fingerprint density at radius 3 is 2.58 bits per heavy atom. The minimum absolute atomic E-state index is 0.0423. The first-order chi connectivity index (χ1) is 12.4. The fraction of sp³-hybridized carbons (Fsp3) is 0.250. The van der Waals surface area contributed by atoms with Crippen LogP contribution in [-0.2, 0) is 14.3 Å².